The summed E-state index contributed by atoms with van der Waals surface area (Å²) in [5, 5.41) is 9.66. The van der Waals surface area contributed by atoms with Gasteiger partial charge in [-0.3, -0.25) is 4.90 Å². The van der Waals surface area contributed by atoms with Gasteiger partial charge in [-0.15, -0.1) is 0 Å². The van der Waals surface area contributed by atoms with Gasteiger partial charge in [0.1, 0.15) is 0 Å². The Labute approximate surface area is 88.1 Å². The van der Waals surface area contributed by atoms with E-state index in [-0.39, 0.29) is 6.10 Å². The van der Waals surface area contributed by atoms with Crippen molar-refractivity contribution in [2.75, 3.05) is 26.3 Å². The summed E-state index contributed by atoms with van der Waals surface area (Å²) >= 11 is 0. The number of hydrogen-bond acceptors (Lipinski definition) is 3. The third-order valence-corrected chi connectivity index (χ3v) is 2.58. The average molecular weight is 203 g/mol. The minimum Gasteiger partial charge on any atom is -0.389 e. The molecule has 0 aliphatic carbocycles. The molecule has 86 valence electrons. The van der Waals surface area contributed by atoms with Crippen LogP contribution >= 0.6 is 0 Å². The standard InChI is InChI=1S/C11H25NO2/c1-5-10(4)12(6-2)8-11(13)9-14-7-3/h10-11,13H,5-9H2,1-4H3. The smallest absolute Gasteiger partial charge is 0.0900 e. The van der Waals surface area contributed by atoms with Crippen molar-refractivity contribution < 1.29 is 9.84 Å². The maximum atomic E-state index is 9.66. The zero-order valence-corrected chi connectivity index (χ0v) is 9.99. The van der Waals surface area contributed by atoms with E-state index in [0.29, 0.717) is 25.8 Å². The first-order valence-electron chi connectivity index (χ1n) is 5.65. The van der Waals surface area contributed by atoms with Crippen LogP contribution in [0.25, 0.3) is 0 Å². The molecule has 0 aromatic rings. The van der Waals surface area contributed by atoms with Crippen molar-refractivity contribution in [2.24, 2.45) is 0 Å². The number of rotatable bonds is 8. The molecule has 0 bridgehead atoms. The molecular formula is C11H25NO2. The van der Waals surface area contributed by atoms with Crippen molar-refractivity contribution in [3.8, 4) is 0 Å². The highest BCUT2D eigenvalue weighted by Gasteiger charge is 2.14. The van der Waals surface area contributed by atoms with Gasteiger partial charge in [0.2, 0.25) is 0 Å². The van der Waals surface area contributed by atoms with Crippen LogP contribution in [0, 0.1) is 0 Å². The molecule has 0 aliphatic heterocycles. The zero-order chi connectivity index (χ0) is 11.0. The van der Waals surface area contributed by atoms with Crippen molar-refractivity contribution in [2.45, 2.75) is 46.3 Å². The van der Waals surface area contributed by atoms with Crippen LogP contribution in [0.2, 0.25) is 0 Å². The normalized spacial score (nSPS) is 15.9. The molecule has 0 rings (SSSR count). The highest BCUT2D eigenvalue weighted by Crippen LogP contribution is 2.04. The van der Waals surface area contributed by atoms with Crippen LogP contribution < -0.4 is 0 Å². The molecule has 2 unspecified atom stereocenters. The Morgan fingerprint density at radius 1 is 1.29 bits per heavy atom. The molecule has 0 heterocycles. The number of nitrogens with zero attached hydrogens (tertiary/aromatic N) is 1. The highest BCUT2D eigenvalue weighted by molar-refractivity contribution is 4.68. The molecule has 0 amide bonds. The second-order valence-electron chi connectivity index (χ2n) is 3.66. The molecular weight excluding hydrogens is 178 g/mol. The van der Waals surface area contributed by atoms with E-state index < -0.39 is 0 Å². The SMILES string of the molecule is CCOCC(O)CN(CC)C(C)CC. The van der Waals surface area contributed by atoms with Crippen LogP contribution in [-0.4, -0.2) is 48.5 Å². The number of aliphatic hydroxyl groups excluding tert-OH is 1. The Morgan fingerprint density at radius 2 is 1.93 bits per heavy atom. The molecule has 0 radical (unpaired) electrons. The third kappa shape index (κ3) is 5.58. The van der Waals surface area contributed by atoms with Crippen LogP contribution in [0.15, 0.2) is 0 Å². The second-order valence-corrected chi connectivity index (χ2v) is 3.66. The molecule has 0 saturated carbocycles. The number of aliphatic hydroxyl groups is 1. The van der Waals surface area contributed by atoms with Gasteiger partial charge >= 0.3 is 0 Å². The molecule has 1 N–H and O–H groups in total. The summed E-state index contributed by atoms with van der Waals surface area (Å²) in [6, 6.07) is 0.538. The Kier molecular flexibility index (Phi) is 8.14. The lowest BCUT2D eigenvalue weighted by molar-refractivity contribution is 0.0147. The van der Waals surface area contributed by atoms with Gasteiger partial charge < -0.3 is 9.84 Å². The quantitative estimate of drug-likeness (QED) is 0.649. The predicted molar refractivity (Wildman–Crippen MR) is 59.5 cm³/mol. The van der Waals surface area contributed by atoms with Crippen molar-refractivity contribution >= 4 is 0 Å². The van der Waals surface area contributed by atoms with Gasteiger partial charge in [-0.2, -0.15) is 0 Å². The molecule has 0 spiro atoms. The van der Waals surface area contributed by atoms with Gasteiger partial charge in [0.15, 0.2) is 0 Å². The van der Waals surface area contributed by atoms with Gasteiger partial charge in [0.25, 0.3) is 0 Å². The van der Waals surface area contributed by atoms with Gasteiger partial charge in [-0.05, 0) is 26.8 Å². The lowest BCUT2D eigenvalue weighted by atomic mass is 10.2. The first-order valence-corrected chi connectivity index (χ1v) is 5.65. The van der Waals surface area contributed by atoms with Crippen molar-refractivity contribution in [1.82, 2.24) is 4.90 Å². The van der Waals surface area contributed by atoms with E-state index in [4.69, 9.17) is 4.74 Å². The number of ether oxygens (including phenoxy) is 1. The summed E-state index contributed by atoms with van der Waals surface area (Å²) in [5.41, 5.74) is 0. The minimum absolute atomic E-state index is 0.358. The van der Waals surface area contributed by atoms with Crippen molar-refractivity contribution in [3.05, 3.63) is 0 Å². The fraction of sp³-hybridized carbons (Fsp3) is 1.00. The first-order chi connectivity index (χ1) is 6.65. The summed E-state index contributed by atoms with van der Waals surface area (Å²) in [6.07, 6.45) is 0.763. The molecule has 0 saturated heterocycles. The van der Waals surface area contributed by atoms with E-state index in [1.54, 1.807) is 0 Å². The van der Waals surface area contributed by atoms with E-state index in [1.807, 2.05) is 6.92 Å². The summed E-state index contributed by atoms with van der Waals surface area (Å²) < 4.78 is 5.18. The summed E-state index contributed by atoms with van der Waals surface area (Å²) in [6.45, 7) is 11.2. The van der Waals surface area contributed by atoms with Gasteiger partial charge in [0, 0.05) is 19.2 Å². The Hall–Kier alpha value is -0.120. The van der Waals surface area contributed by atoms with E-state index in [2.05, 4.69) is 25.7 Å². The van der Waals surface area contributed by atoms with E-state index >= 15 is 0 Å². The topological polar surface area (TPSA) is 32.7 Å². The fourth-order valence-corrected chi connectivity index (χ4v) is 1.46. The van der Waals surface area contributed by atoms with Crippen molar-refractivity contribution in [1.29, 1.82) is 0 Å². The van der Waals surface area contributed by atoms with E-state index in [9.17, 15) is 5.11 Å². The van der Waals surface area contributed by atoms with Gasteiger partial charge in [-0.25, -0.2) is 0 Å². The van der Waals surface area contributed by atoms with Crippen LogP contribution in [0.3, 0.4) is 0 Å². The molecule has 0 aliphatic rings. The molecule has 14 heavy (non-hydrogen) atoms. The van der Waals surface area contributed by atoms with E-state index in [1.165, 1.54) is 0 Å². The number of hydrogen-bond donors (Lipinski definition) is 1. The molecule has 0 aromatic carbocycles. The van der Waals surface area contributed by atoms with E-state index in [0.717, 1.165) is 13.0 Å². The Balaban J connectivity index is 3.79. The predicted octanol–water partition coefficient (Wildman–Crippen LogP) is 1.50. The van der Waals surface area contributed by atoms with Gasteiger partial charge in [0.05, 0.1) is 12.7 Å². The lowest BCUT2D eigenvalue weighted by Gasteiger charge is -2.28. The van der Waals surface area contributed by atoms with Crippen molar-refractivity contribution in [3.63, 3.8) is 0 Å². The average Bonchev–Trinajstić information content (AvgIpc) is 2.21. The maximum Gasteiger partial charge on any atom is 0.0900 e. The van der Waals surface area contributed by atoms with Crippen LogP contribution in [0.5, 0.6) is 0 Å². The van der Waals surface area contributed by atoms with Crippen LogP contribution in [0.1, 0.15) is 34.1 Å². The summed E-state index contributed by atoms with van der Waals surface area (Å²) in [5.74, 6) is 0. The third-order valence-electron chi connectivity index (χ3n) is 2.58. The van der Waals surface area contributed by atoms with Gasteiger partial charge in [-0.1, -0.05) is 13.8 Å². The number of likely N-dealkylation sites (N-methyl/N-ethyl adjacent to an activating group) is 1. The largest absolute Gasteiger partial charge is 0.389 e. The molecule has 2 atom stereocenters. The molecule has 0 fully saturated rings. The monoisotopic (exact) mass is 203 g/mol. The summed E-state index contributed by atoms with van der Waals surface area (Å²) in [4.78, 5) is 2.28. The summed E-state index contributed by atoms with van der Waals surface area (Å²) in [7, 11) is 0. The highest BCUT2D eigenvalue weighted by atomic mass is 16.5. The first kappa shape index (κ1) is 13.9. The Morgan fingerprint density at radius 3 is 2.36 bits per heavy atom. The Bertz CT molecular complexity index is 130. The maximum absolute atomic E-state index is 9.66. The fourth-order valence-electron chi connectivity index (χ4n) is 1.46. The molecule has 3 heteroatoms. The van der Waals surface area contributed by atoms with Crippen LogP contribution in [-0.2, 0) is 4.74 Å². The zero-order valence-electron chi connectivity index (χ0n) is 9.99. The second kappa shape index (κ2) is 8.21. The molecule has 0 aromatic heterocycles. The van der Waals surface area contributed by atoms with Crippen LogP contribution in [0.4, 0.5) is 0 Å². The minimum atomic E-state index is -0.358. The molecule has 3 nitrogen and oxygen atoms in total. The lowest BCUT2D eigenvalue weighted by Crippen LogP contribution is -2.40.